The molecule has 1 aromatic carbocycles. The minimum atomic E-state index is -5.08. The normalized spacial score (nSPS) is 26.6. The van der Waals surface area contributed by atoms with Gasteiger partial charge in [0.2, 0.25) is 0 Å². The van der Waals surface area contributed by atoms with E-state index in [0.717, 1.165) is 32.7 Å². The molecule has 2 N–H and O–H groups in total. The molecule has 152 valence electrons. The second kappa shape index (κ2) is 9.48. The van der Waals surface area contributed by atoms with Crippen LogP contribution in [-0.2, 0) is 11.3 Å². The molecule has 3 rings (SSSR count). The van der Waals surface area contributed by atoms with Crippen LogP contribution in [0.4, 0.5) is 17.6 Å². The van der Waals surface area contributed by atoms with Gasteiger partial charge in [-0.15, -0.1) is 0 Å². The van der Waals surface area contributed by atoms with E-state index in [4.69, 9.17) is 9.90 Å². The zero-order chi connectivity index (χ0) is 20.0. The molecule has 2 fully saturated rings. The molecule has 9 heteroatoms. The average Bonchev–Trinajstić information content (AvgIpc) is 2.62. The fraction of sp³-hybridized carbons (Fsp3) is 0.611. The molecule has 2 saturated heterocycles. The summed E-state index contributed by atoms with van der Waals surface area (Å²) in [6, 6.07) is 11.6. The molecule has 0 spiro atoms. The van der Waals surface area contributed by atoms with Crippen molar-refractivity contribution >= 4 is 5.97 Å². The minimum absolute atomic E-state index is 0.0387. The van der Waals surface area contributed by atoms with E-state index in [1.807, 2.05) is 6.07 Å². The fourth-order valence-corrected chi connectivity index (χ4v) is 3.29. The van der Waals surface area contributed by atoms with Gasteiger partial charge in [-0.3, -0.25) is 9.80 Å². The maximum atomic E-state index is 13.4. The number of rotatable bonds is 4. The molecule has 0 amide bonds. The summed E-state index contributed by atoms with van der Waals surface area (Å²) in [6.45, 7) is 6.76. The number of carbonyl (C=O) groups is 1. The first-order valence-corrected chi connectivity index (χ1v) is 8.84. The van der Waals surface area contributed by atoms with Crippen molar-refractivity contribution in [2.45, 2.75) is 37.8 Å². The Labute approximate surface area is 155 Å². The van der Waals surface area contributed by atoms with E-state index in [0.29, 0.717) is 12.1 Å². The first-order valence-electron chi connectivity index (χ1n) is 8.84. The van der Waals surface area contributed by atoms with Crippen molar-refractivity contribution in [1.82, 2.24) is 15.1 Å². The average molecular weight is 391 g/mol. The van der Waals surface area contributed by atoms with E-state index in [9.17, 15) is 17.6 Å². The lowest BCUT2D eigenvalue weighted by Gasteiger charge is -2.49. The molecule has 27 heavy (non-hydrogen) atoms. The lowest BCUT2D eigenvalue weighted by Crippen LogP contribution is -2.68. The van der Waals surface area contributed by atoms with Crippen molar-refractivity contribution in [3.63, 3.8) is 0 Å². The van der Waals surface area contributed by atoms with Gasteiger partial charge in [-0.25, -0.2) is 9.18 Å². The van der Waals surface area contributed by atoms with Gasteiger partial charge in [-0.05, 0) is 12.5 Å². The molecule has 5 nitrogen and oxygen atoms in total. The summed E-state index contributed by atoms with van der Waals surface area (Å²) < 4.78 is 45.1. The number of carboxylic acids is 1. The zero-order valence-corrected chi connectivity index (χ0v) is 15.1. The molecule has 2 heterocycles. The topological polar surface area (TPSA) is 55.8 Å². The summed E-state index contributed by atoms with van der Waals surface area (Å²) in [4.78, 5) is 13.7. The van der Waals surface area contributed by atoms with Crippen LogP contribution in [0.3, 0.4) is 0 Å². The standard InChI is InChI=1S/C16H24FN3.C2HF3O2/c1-13-16(10-18-13)20-8-7-19(15(9-17)12-20)11-14-5-3-2-4-6-14;3-2(4,5)1(6)7/h2-6,13,15-16,18H,7-12H2,1H3;(H,6,7)/t13-,15-,16?;/m1./s1. The number of piperazine rings is 1. The van der Waals surface area contributed by atoms with Gasteiger partial charge < -0.3 is 10.4 Å². The van der Waals surface area contributed by atoms with Crippen molar-refractivity contribution in [1.29, 1.82) is 0 Å². The summed E-state index contributed by atoms with van der Waals surface area (Å²) >= 11 is 0. The van der Waals surface area contributed by atoms with E-state index in [1.54, 1.807) is 0 Å². The van der Waals surface area contributed by atoms with Crippen LogP contribution < -0.4 is 5.32 Å². The summed E-state index contributed by atoms with van der Waals surface area (Å²) in [5, 5.41) is 10.5. The van der Waals surface area contributed by atoms with Crippen molar-refractivity contribution in [2.24, 2.45) is 0 Å². The summed E-state index contributed by atoms with van der Waals surface area (Å²) in [7, 11) is 0. The molecule has 0 radical (unpaired) electrons. The third-order valence-electron chi connectivity index (χ3n) is 4.98. The number of carboxylic acid groups (broad SMARTS) is 1. The second-order valence-corrected chi connectivity index (χ2v) is 6.83. The van der Waals surface area contributed by atoms with Crippen LogP contribution in [0.2, 0.25) is 0 Å². The molecular weight excluding hydrogens is 366 g/mol. The SMILES string of the molecule is C[C@H]1NCC1N1CCN(Cc2ccccc2)[C@H](CF)C1.O=C(O)C(F)(F)F. The van der Waals surface area contributed by atoms with E-state index < -0.39 is 12.1 Å². The number of halogens is 4. The van der Waals surface area contributed by atoms with Gasteiger partial charge >= 0.3 is 12.1 Å². The summed E-state index contributed by atoms with van der Waals surface area (Å²) in [6.07, 6.45) is -5.08. The Balaban J connectivity index is 0.000000321. The van der Waals surface area contributed by atoms with Gasteiger partial charge in [-0.1, -0.05) is 30.3 Å². The first kappa shape index (κ1) is 21.6. The molecule has 0 aliphatic carbocycles. The van der Waals surface area contributed by atoms with Crippen LogP contribution in [0, 0.1) is 0 Å². The number of nitrogens with zero attached hydrogens (tertiary/aromatic N) is 2. The van der Waals surface area contributed by atoms with Crippen LogP contribution in [0.25, 0.3) is 0 Å². The molecule has 3 atom stereocenters. The molecule has 2 aliphatic heterocycles. The van der Waals surface area contributed by atoms with Gasteiger partial charge in [0.05, 0.1) is 6.04 Å². The third kappa shape index (κ3) is 6.15. The summed E-state index contributed by atoms with van der Waals surface area (Å²) in [5.74, 6) is -2.76. The quantitative estimate of drug-likeness (QED) is 0.771. The van der Waals surface area contributed by atoms with Gasteiger partial charge in [0, 0.05) is 44.8 Å². The first-order chi connectivity index (χ1) is 12.7. The Hall–Kier alpha value is -1.71. The van der Waals surface area contributed by atoms with E-state index in [1.165, 1.54) is 5.56 Å². The van der Waals surface area contributed by atoms with Crippen molar-refractivity contribution in [3.05, 3.63) is 35.9 Å². The van der Waals surface area contributed by atoms with E-state index in [2.05, 4.69) is 46.3 Å². The van der Waals surface area contributed by atoms with Crippen LogP contribution in [-0.4, -0.2) is 78.0 Å². The van der Waals surface area contributed by atoms with E-state index >= 15 is 0 Å². The van der Waals surface area contributed by atoms with Crippen molar-refractivity contribution in [2.75, 3.05) is 32.9 Å². The van der Waals surface area contributed by atoms with Crippen molar-refractivity contribution in [3.8, 4) is 0 Å². The molecule has 1 unspecified atom stereocenters. The fourth-order valence-electron chi connectivity index (χ4n) is 3.29. The van der Waals surface area contributed by atoms with Crippen LogP contribution in [0.15, 0.2) is 30.3 Å². The maximum absolute atomic E-state index is 13.4. The lowest BCUT2D eigenvalue weighted by molar-refractivity contribution is -0.192. The molecule has 0 bridgehead atoms. The number of alkyl halides is 4. The Morgan fingerprint density at radius 1 is 1.26 bits per heavy atom. The highest BCUT2D eigenvalue weighted by Crippen LogP contribution is 2.20. The number of hydrogen-bond acceptors (Lipinski definition) is 4. The summed E-state index contributed by atoms with van der Waals surface area (Å²) in [5.41, 5.74) is 1.28. The largest absolute Gasteiger partial charge is 0.490 e. The predicted molar refractivity (Wildman–Crippen MR) is 93.1 cm³/mol. The molecule has 1 aromatic rings. The second-order valence-electron chi connectivity index (χ2n) is 6.83. The number of aliphatic carboxylic acids is 1. The number of hydrogen-bond donors (Lipinski definition) is 2. The predicted octanol–water partition coefficient (Wildman–Crippen LogP) is 2.14. The Kier molecular flexibility index (Phi) is 7.58. The highest BCUT2D eigenvalue weighted by Gasteiger charge is 2.38. The minimum Gasteiger partial charge on any atom is -0.475 e. The molecular formula is C18H25F4N3O2. The number of nitrogens with one attached hydrogen (secondary N) is 1. The van der Waals surface area contributed by atoms with Crippen LogP contribution >= 0.6 is 0 Å². The lowest BCUT2D eigenvalue weighted by atomic mass is 9.98. The van der Waals surface area contributed by atoms with Gasteiger partial charge in [0.1, 0.15) is 6.67 Å². The molecule has 0 aromatic heterocycles. The zero-order valence-electron chi connectivity index (χ0n) is 15.1. The third-order valence-corrected chi connectivity index (χ3v) is 4.98. The smallest absolute Gasteiger partial charge is 0.475 e. The Bertz CT molecular complexity index is 600. The Morgan fingerprint density at radius 3 is 2.33 bits per heavy atom. The van der Waals surface area contributed by atoms with Gasteiger partial charge in [0.25, 0.3) is 0 Å². The highest BCUT2D eigenvalue weighted by atomic mass is 19.4. The van der Waals surface area contributed by atoms with Gasteiger partial charge in [-0.2, -0.15) is 13.2 Å². The maximum Gasteiger partial charge on any atom is 0.490 e. The monoisotopic (exact) mass is 391 g/mol. The molecule has 0 saturated carbocycles. The van der Waals surface area contributed by atoms with Gasteiger partial charge in [0.15, 0.2) is 0 Å². The Morgan fingerprint density at radius 2 is 1.89 bits per heavy atom. The van der Waals surface area contributed by atoms with Crippen LogP contribution in [0.5, 0.6) is 0 Å². The van der Waals surface area contributed by atoms with E-state index in [-0.39, 0.29) is 12.7 Å². The molecule has 2 aliphatic rings. The number of benzene rings is 1. The van der Waals surface area contributed by atoms with Crippen LogP contribution in [0.1, 0.15) is 12.5 Å². The highest BCUT2D eigenvalue weighted by molar-refractivity contribution is 5.73. The van der Waals surface area contributed by atoms with Crippen molar-refractivity contribution < 1.29 is 27.5 Å².